The summed E-state index contributed by atoms with van der Waals surface area (Å²) in [5, 5.41) is 1.23. The van der Waals surface area contributed by atoms with Gasteiger partial charge >= 0.3 is 0 Å². The van der Waals surface area contributed by atoms with E-state index in [0.717, 1.165) is 72.8 Å². The molecule has 4 nitrogen and oxygen atoms in total. The van der Waals surface area contributed by atoms with Crippen molar-refractivity contribution in [2.24, 2.45) is 0 Å². The van der Waals surface area contributed by atoms with Gasteiger partial charge in [0.1, 0.15) is 11.5 Å². The molecule has 2 aliphatic heterocycles. The van der Waals surface area contributed by atoms with Gasteiger partial charge in [0, 0.05) is 55.9 Å². The third-order valence-electron chi connectivity index (χ3n) is 15.4. The van der Waals surface area contributed by atoms with E-state index >= 15 is 0 Å². The number of nitrogens with one attached hydrogen (secondary N) is 1. The monoisotopic (exact) mass is 955 g/mol. The number of nitrogens with zero attached hydrogens (tertiary/aromatic N) is 2. The van der Waals surface area contributed by atoms with Gasteiger partial charge in [-0.1, -0.05) is 178 Å². The highest BCUT2D eigenvalue weighted by molar-refractivity contribution is 7.99. The van der Waals surface area contributed by atoms with Crippen molar-refractivity contribution in [1.82, 2.24) is 4.98 Å². The number of fused-ring (bicyclic) bond motifs is 9. The van der Waals surface area contributed by atoms with Gasteiger partial charge in [0.15, 0.2) is 7.28 Å². The van der Waals surface area contributed by atoms with Gasteiger partial charge in [-0.2, -0.15) is 0 Å². The molecule has 3 heterocycles. The highest BCUT2D eigenvalue weighted by Gasteiger charge is 2.40. The Bertz CT molecular complexity index is 3920. The van der Waals surface area contributed by atoms with Crippen LogP contribution in [0.3, 0.4) is 0 Å². The molecule has 11 aromatic rings. The summed E-state index contributed by atoms with van der Waals surface area (Å²) in [5.74, 6) is 1.79. The molecule has 0 spiro atoms. The van der Waals surface area contributed by atoms with Crippen LogP contribution >= 0.6 is 11.8 Å². The summed E-state index contributed by atoms with van der Waals surface area (Å²) in [5.41, 5.74) is 23.6. The molecule has 0 saturated carbocycles. The second-order valence-electron chi connectivity index (χ2n) is 20.0. The molecule has 0 bridgehead atoms. The Balaban J connectivity index is 1.10. The molecule has 348 valence electrons. The minimum Gasteiger partial charge on any atom is -0.455 e. The third-order valence-corrected chi connectivity index (χ3v) is 16.5. The number of benzene rings is 10. The number of aromatic nitrogens is 1. The Morgan fingerprint density at radius 2 is 1.19 bits per heavy atom. The van der Waals surface area contributed by atoms with Crippen LogP contribution in [-0.4, -0.2) is 12.3 Å². The number of ether oxygens (including phenoxy) is 1. The molecule has 3 aliphatic rings. The molecule has 14 rings (SSSR count). The molecule has 1 N–H and O–H groups in total. The largest absolute Gasteiger partial charge is 0.455 e. The van der Waals surface area contributed by atoms with Gasteiger partial charge in [-0.25, -0.2) is 0 Å². The van der Waals surface area contributed by atoms with Crippen LogP contribution in [0.4, 0.5) is 34.1 Å². The molecule has 0 saturated heterocycles. The second-order valence-corrected chi connectivity index (χ2v) is 21.1. The van der Waals surface area contributed by atoms with Crippen molar-refractivity contribution in [1.29, 1.82) is 0 Å². The Hall–Kier alpha value is -8.45. The van der Waals surface area contributed by atoms with Crippen molar-refractivity contribution >= 4 is 75.0 Å². The lowest BCUT2D eigenvalue weighted by atomic mass is 9.57. The van der Waals surface area contributed by atoms with Crippen LogP contribution in [0.15, 0.2) is 234 Å². The normalized spacial score (nSPS) is 13.4. The minimum absolute atomic E-state index is 0.250. The Morgan fingerprint density at radius 3 is 1.93 bits per heavy atom. The van der Waals surface area contributed by atoms with Gasteiger partial charge < -0.3 is 19.5 Å². The summed E-state index contributed by atoms with van der Waals surface area (Å²) < 4.78 is 6.80. The maximum absolute atomic E-state index is 6.80. The standard InChI is InChI=1S/C67H50BN3OS/c1-4-42-33-34-56(50(35-42)44-23-11-6-12-24-44)71-57-41-62-60(72-59-31-19-20-32-61(59)73-62)40-55(57)68-64-51(36-45(37-58(64)71)43-21-9-5-10-22-43)52-38-48(70(46-25-13-7-14-26-46)47-27-15-8-16-28-47)39-53-63-66(69-65(52)53)49-29-17-18-30-54(49)67(63,2)3/h5-41,68-69H,4H2,1-3H3. The van der Waals surface area contributed by atoms with Crippen molar-refractivity contribution in [2.75, 3.05) is 9.80 Å². The molecule has 0 fully saturated rings. The van der Waals surface area contributed by atoms with E-state index in [0.29, 0.717) is 7.28 Å². The summed E-state index contributed by atoms with van der Waals surface area (Å²) in [4.78, 5) is 11.4. The summed E-state index contributed by atoms with van der Waals surface area (Å²) >= 11 is 1.79. The number of H-pyrrole nitrogens is 1. The lowest BCUT2D eigenvalue weighted by Crippen LogP contribution is -2.41. The first-order chi connectivity index (χ1) is 35.9. The van der Waals surface area contributed by atoms with Gasteiger partial charge in [-0.3, -0.25) is 0 Å². The van der Waals surface area contributed by atoms with Crippen molar-refractivity contribution in [3.63, 3.8) is 0 Å². The van der Waals surface area contributed by atoms with Crippen molar-refractivity contribution in [3.05, 3.63) is 241 Å². The number of aromatic amines is 1. The molecular weight excluding hydrogens is 906 g/mol. The van der Waals surface area contributed by atoms with Crippen LogP contribution < -0.4 is 25.5 Å². The van der Waals surface area contributed by atoms with Crippen LogP contribution in [-0.2, 0) is 11.8 Å². The second kappa shape index (κ2) is 17.1. The summed E-state index contributed by atoms with van der Waals surface area (Å²) in [6.07, 6.45) is 0.938. The quantitative estimate of drug-likeness (QED) is 0.154. The number of aryl methyl sites for hydroxylation is 1. The van der Waals surface area contributed by atoms with E-state index in [-0.39, 0.29) is 5.41 Å². The Kier molecular flexibility index (Phi) is 10.2. The molecule has 0 unspecified atom stereocenters. The van der Waals surface area contributed by atoms with Crippen molar-refractivity contribution in [3.8, 4) is 56.1 Å². The number of hydrogen-bond donors (Lipinski definition) is 1. The van der Waals surface area contributed by atoms with E-state index in [1.54, 1.807) is 11.8 Å². The van der Waals surface area contributed by atoms with Crippen LogP contribution in [0.2, 0.25) is 0 Å². The molecule has 0 atom stereocenters. The molecule has 1 aliphatic carbocycles. The van der Waals surface area contributed by atoms with Crippen LogP contribution in [0, 0.1) is 0 Å². The molecule has 1 aromatic heterocycles. The molecule has 73 heavy (non-hydrogen) atoms. The van der Waals surface area contributed by atoms with Crippen LogP contribution in [0.25, 0.3) is 55.5 Å². The average Bonchev–Trinajstić information content (AvgIpc) is 3.97. The smallest absolute Gasteiger partial charge is 0.198 e. The molecule has 0 radical (unpaired) electrons. The first kappa shape index (κ1) is 43.4. The van der Waals surface area contributed by atoms with Crippen LogP contribution in [0.5, 0.6) is 11.5 Å². The van der Waals surface area contributed by atoms with Gasteiger partial charge in [-0.15, -0.1) is 0 Å². The maximum atomic E-state index is 6.80. The number of rotatable bonds is 8. The molecule has 10 aromatic carbocycles. The third kappa shape index (κ3) is 7.07. The topological polar surface area (TPSA) is 31.5 Å². The highest BCUT2D eigenvalue weighted by Crippen LogP contribution is 2.55. The maximum Gasteiger partial charge on any atom is 0.198 e. The predicted octanol–water partition coefficient (Wildman–Crippen LogP) is 16.9. The van der Waals surface area contributed by atoms with E-state index in [2.05, 4.69) is 260 Å². The van der Waals surface area contributed by atoms with Gasteiger partial charge in [-0.05, 0) is 136 Å². The SMILES string of the molecule is CCc1ccc(N2c3cc4c(cc3Bc3c(-c5cc(N(c6ccccc6)c6ccccc6)cc6c7c([nH]c56)-c5ccccc5C7(C)C)cc(-c5ccccc5)cc32)Oc2ccccc2S4)c(-c2ccccc2)c1. The van der Waals surface area contributed by atoms with E-state index < -0.39 is 0 Å². The first-order valence-electron chi connectivity index (χ1n) is 25.4. The number of para-hydroxylation sites is 3. The van der Waals surface area contributed by atoms with Gasteiger partial charge in [0.05, 0.1) is 26.7 Å². The Morgan fingerprint density at radius 1 is 0.521 bits per heavy atom. The van der Waals surface area contributed by atoms with Crippen molar-refractivity contribution in [2.45, 2.75) is 42.4 Å². The fourth-order valence-electron chi connectivity index (χ4n) is 11.9. The summed E-state index contributed by atoms with van der Waals surface area (Å²) in [6, 6.07) is 82.5. The summed E-state index contributed by atoms with van der Waals surface area (Å²) in [6.45, 7) is 7.03. The van der Waals surface area contributed by atoms with Gasteiger partial charge in [0.25, 0.3) is 0 Å². The average molecular weight is 956 g/mol. The van der Waals surface area contributed by atoms with E-state index in [1.807, 2.05) is 0 Å². The van der Waals surface area contributed by atoms with E-state index in [9.17, 15) is 0 Å². The fraction of sp³-hybridized carbons (Fsp3) is 0.0746. The lowest BCUT2D eigenvalue weighted by Gasteiger charge is -2.37. The summed E-state index contributed by atoms with van der Waals surface area (Å²) in [7, 11) is 0.698. The molecule has 0 amide bonds. The van der Waals surface area contributed by atoms with Gasteiger partial charge in [0.2, 0.25) is 0 Å². The van der Waals surface area contributed by atoms with Crippen LogP contribution in [0.1, 0.15) is 37.5 Å². The fourth-order valence-corrected chi connectivity index (χ4v) is 12.9. The number of hydrogen-bond acceptors (Lipinski definition) is 4. The predicted molar refractivity (Wildman–Crippen MR) is 308 cm³/mol. The lowest BCUT2D eigenvalue weighted by molar-refractivity contribution is 0.455. The zero-order valence-corrected chi connectivity index (χ0v) is 41.8. The Labute approximate surface area is 431 Å². The minimum atomic E-state index is -0.250. The molecule has 6 heteroatoms. The van der Waals surface area contributed by atoms with E-state index in [1.165, 1.54) is 72.2 Å². The molecular formula is C67H50BN3OS. The van der Waals surface area contributed by atoms with E-state index in [4.69, 9.17) is 4.74 Å². The van der Waals surface area contributed by atoms with Crippen molar-refractivity contribution < 1.29 is 4.74 Å². The first-order valence-corrected chi connectivity index (χ1v) is 26.2. The number of anilines is 6. The zero-order chi connectivity index (χ0) is 48.8. The highest BCUT2D eigenvalue weighted by atomic mass is 32.2. The zero-order valence-electron chi connectivity index (χ0n) is 41.0.